The van der Waals surface area contributed by atoms with Crippen LogP contribution in [0.5, 0.6) is 0 Å². The molecule has 0 spiro atoms. The first-order chi connectivity index (χ1) is 8.60. The van der Waals surface area contributed by atoms with Gasteiger partial charge in [-0.25, -0.2) is 4.79 Å². The van der Waals surface area contributed by atoms with Crippen molar-refractivity contribution in [3.05, 3.63) is 0 Å². The Morgan fingerprint density at radius 1 is 1.44 bits per heavy atom. The topological polar surface area (TPSA) is 41.6 Å². The van der Waals surface area contributed by atoms with Gasteiger partial charge < -0.3 is 15.0 Å². The second-order valence-corrected chi connectivity index (χ2v) is 5.36. The number of likely N-dealkylation sites (N-methyl/N-ethyl adjacent to an activating group) is 2. The molecule has 0 aromatic heterocycles. The van der Waals surface area contributed by atoms with E-state index < -0.39 is 5.54 Å². The first-order valence-electron chi connectivity index (χ1n) is 7.12. The summed E-state index contributed by atoms with van der Waals surface area (Å²) in [4.78, 5) is 14.5. The van der Waals surface area contributed by atoms with Crippen molar-refractivity contribution in [2.45, 2.75) is 45.1 Å². The summed E-state index contributed by atoms with van der Waals surface area (Å²) in [6.07, 6.45) is 4.61. The Kier molecular flexibility index (Phi) is 6.09. The number of ether oxygens (including phenoxy) is 1. The summed E-state index contributed by atoms with van der Waals surface area (Å²) in [5.41, 5.74) is -0.494. The molecule has 0 aromatic carbocycles. The Hall–Kier alpha value is -0.610. The molecule has 0 heterocycles. The number of methoxy groups -OCH3 is 1. The normalized spacial score (nSPS) is 18.7. The zero-order chi connectivity index (χ0) is 13.6. The van der Waals surface area contributed by atoms with Crippen molar-refractivity contribution in [2.24, 2.45) is 5.92 Å². The van der Waals surface area contributed by atoms with Crippen LogP contribution in [0.3, 0.4) is 0 Å². The minimum absolute atomic E-state index is 0.102. The van der Waals surface area contributed by atoms with E-state index >= 15 is 0 Å². The highest BCUT2D eigenvalue weighted by molar-refractivity contribution is 5.82. The predicted molar refractivity (Wildman–Crippen MR) is 73.6 cm³/mol. The lowest BCUT2D eigenvalue weighted by atomic mass is 9.92. The molecular weight excluding hydrogens is 228 g/mol. The summed E-state index contributed by atoms with van der Waals surface area (Å²) in [7, 11) is 3.58. The van der Waals surface area contributed by atoms with E-state index in [1.54, 1.807) is 0 Å². The molecule has 1 aliphatic carbocycles. The SMILES string of the molecule is CCCCN(C)CC(NCC)(C(=O)OC)C1CC1. The molecule has 4 heteroatoms. The highest BCUT2D eigenvalue weighted by Gasteiger charge is 2.51. The zero-order valence-electron chi connectivity index (χ0n) is 12.3. The summed E-state index contributed by atoms with van der Waals surface area (Å²) in [6, 6.07) is 0. The number of nitrogens with zero attached hydrogens (tertiary/aromatic N) is 1. The van der Waals surface area contributed by atoms with Crippen molar-refractivity contribution in [3.63, 3.8) is 0 Å². The fraction of sp³-hybridized carbons (Fsp3) is 0.929. The highest BCUT2D eigenvalue weighted by Crippen LogP contribution is 2.40. The van der Waals surface area contributed by atoms with E-state index in [9.17, 15) is 4.79 Å². The van der Waals surface area contributed by atoms with Gasteiger partial charge in [0.1, 0.15) is 5.54 Å². The summed E-state index contributed by atoms with van der Waals surface area (Å²) in [6.45, 7) is 6.82. The van der Waals surface area contributed by atoms with Crippen LogP contribution in [-0.4, -0.2) is 50.2 Å². The Bertz CT molecular complexity index is 267. The van der Waals surface area contributed by atoms with Gasteiger partial charge in [0.2, 0.25) is 0 Å². The van der Waals surface area contributed by atoms with Crippen LogP contribution in [0.25, 0.3) is 0 Å². The fourth-order valence-corrected chi connectivity index (χ4v) is 2.64. The maximum Gasteiger partial charge on any atom is 0.327 e. The first kappa shape index (κ1) is 15.4. The zero-order valence-corrected chi connectivity index (χ0v) is 12.3. The van der Waals surface area contributed by atoms with Crippen molar-refractivity contribution in [2.75, 3.05) is 33.8 Å². The lowest BCUT2D eigenvalue weighted by Gasteiger charge is -2.35. The van der Waals surface area contributed by atoms with Crippen LogP contribution in [0, 0.1) is 5.92 Å². The largest absolute Gasteiger partial charge is 0.468 e. The molecule has 0 saturated heterocycles. The van der Waals surface area contributed by atoms with Crippen molar-refractivity contribution >= 4 is 5.97 Å². The van der Waals surface area contributed by atoms with Gasteiger partial charge in [0.25, 0.3) is 0 Å². The number of hydrogen-bond donors (Lipinski definition) is 1. The molecule has 18 heavy (non-hydrogen) atoms. The smallest absolute Gasteiger partial charge is 0.327 e. The van der Waals surface area contributed by atoms with Crippen LogP contribution < -0.4 is 5.32 Å². The van der Waals surface area contributed by atoms with E-state index in [0.717, 1.165) is 32.5 Å². The fourth-order valence-electron chi connectivity index (χ4n) is 2.64. The number of carbonyl (C=O) groups excluding carboxylic acids is 1. The van der Waals surface area contributed by atoms with Gasteiger partial charge >= 0.3 is 5.97 Å². The highest BCUT2D eigenvalue weighted by atomic mass is 16.5. The number of nitrogens with one attached hydrogen (secondary N) is 1. The third-order valence-corrected chi connectivity index (χ3v) is 3.73. The lowest BCUT2D eigenvalue weighted by Crippen LogP contribution is -2.60. The predicted octanol–water partition coefficient (Wildman–Crippen LogP) is 1.65. The summed E-state index contributed by atoms with van der Waals surface area (Å²) < 4.78 is 5.05. The van der Waals surface area contributed by atoms with Crippen molar-refractivity contribution in [1.29, 1.82) is 0 Å². The van der Waals surface area contributed by atoms with Gasteiger partial charge in [0.05, 0.1) is 7.11 Å². The Morgan fingerprint density at radius 2 is 2.11 bits per heavy atom. The number of unbranched alkanes of at least 4 members (excludes halogenated alkanes) is 1. The van der Waals surface area contributed by atoms with E-state index in [-0.39, 0.29) is 5.97 Å². The molecule has 1 unspecified atom stereocenters. The van der Waals surface area contributed by atoms with Crippen LogP contribution in [0.2, 0.25) is 0 Å². The molecule has 1 N–H and O–H groups in total. The van der Waals surface area contributed by atoms with Crippen LogP contribution in [-0.2, 0) is 9.53 Å². The molecule has 1 rings (SSSR count). The van der Waals surface area contributed by atoms with Crippen molar-refractivity contribution in [3.8, 4) is 0 Å². The van der Waals surface area contributed by atoms with E-state index in [4.69, 9.17) is 4.74 Å². The molecule has 1 fully saturated rings. The Balaban J connectivity index is 2.71. The van der Waals surface area contributed by atoms with Gasteiger partial charge in [0, 0.05) is 6.54 Å². The first-order valence-corrected chi connectivity index (χ1v) is 7.12. The van der Waals surface area contributed by atoms with E-state index in [2.05, 4.69) is 24.2 Å². The second kappa shape index (κ2) is 7.10. The van der Waals surface area contributed by atoms with E-state index in [0.29, 0.717) is 5.92 Å². The lowest BCUT2D eigenvalue weighted by molar-refractivity contribution is -0.150. The second-order valence-electron chi connectivity index (χ2n) is 5.36. The molecular formula is C14H28N2O2. The maximum atomic E-state index is 12.2. The van der Waals surface area contributed by atoms with Gasteiger partial charge in [-0.3, -0.25) is 0 Å². The third-order valence-electron chi connectivity index (χ3n) is 3.73. The molecule has 106 valence electrons. The molecule has 1 atom stereocenters. The van der Waals surface area contributed by atoms with Gasteiger partial charge in [-0.15, -0.1) is 0 Å². The average Bonchev–Trinajstić information content (AvgIpc) is 3.19. The van der Waals surface area contributed by atoms with Gasteiger partial charge in [0.15, 0.2) is 0 Å². The van der Waals surface area contributed by atoms with Crippen LogP contribution in [0.4, 0.5) is 0 Å². The molecule has 0 aliphatic heterocycles. The maximum absolute atomic E-state index is 12.2. The van der Waals surface area contributed by atoms with E-state index in [1.165, 1.54) is 20.0 Å². The summed E-state index contributed by atoms with van der Waals surface area (Å²) in [5.74, 6) is 0.337. The van der Waals surface area contributed by atoms with Crippen molar-refractivity contribution < 1.29 is 9.53 Å². The van der Waals surface area contributed by atoms with Crippen LogP contribution in [0.1, 0.15) is 39.5 Å². The molecule has 0 amide bonds. The number of rotatable bonds is 9. The minimum atomic E-state index is -0.494. The number of carbonyl (C=O) groups is 1. The van der Waals surface area contributed by atoms with Crippen molar-refractivity contribution in [1.82, 2.24) is 10.2 Å². The monoisotopic (exact) mass is 256 g/mol. The standard InChI is InChI=1S/C14H28N2O2/c1-5-7-10-16(3)11-14(15-6-2,12-8-9-12)13(17)18-4/h12,15H,5-11H2,1-4H3. The number of esters is 1. The molecule has 0 radical (unpaired) electrons. The summed E-state index contributed by atoms with van der Waals surface area (Å²) in [5, 5.41) is 3.40. The molecule has 0 aromatic rings. The van der Waals surface area contributed by atoms with Crippen LogP contribution >= 0.6 is 0 Å². The van der Waals surface area contributed by atoms with E-state index in [1.807, 2.05) is 6.92 Å². The average molecular weight is 256 g/mol. The molecule has 1 aliphatic rings. The van der Waals surface area contributed by atoms with Gasteiger partial charge in [-0.05, 0) is 45.3 Å². The molecule has 4 nitrogen and oxygen atoms in total. The minimum Gasteiger partial charge on any atom is -0.468 e. The summed E-state index contributed by atoms with van der Waals surface area (Å²) >= 11 is 0. The molecule has 1 saturated carbocycles. The van der Waals surface area contributed by atoms with Crippen LogP contribution in [0.15, 0.2) is 0 Å². The van der Waals surface area contributed by atoms with Gasteiger partial charge in [-0.1, -0.05) is 20.3 Å². The Morgan fingerprint density at radius 3 is 2.56 bits per heavy atom. The van der Waals surface area contributed by atoms with Gasteiger partial charge in [-0.2, -0.15) is 0 Å². The Labute approximate surface area is 111 Å². The quantitative estimate of drug-likeness (QED) is 0.637. The number of hydrogen-bond acceptors (Lipinski definition) is 4. The third kappa shape index (κ3) is 3.69. The molecule has 0 bridgehead atoms.